The van der Waals surface area contributed by atoms with Gasteiger partial charge in [0.2, 0.25) is 0 Å². The summed E-state index contributed by atoms with van der Waals surface area (Å²) < 4.78 is 5.16. The number of carbonyl (C=O) groups is 1. The van der Waals surface area contributed by atoms with Crippen molar-refractivity contribution >= 4 is 16.8 Å². The zero-order chi connectivity index (χ0) is 16.2. The van der Waals surface area contributed by atoms with E-state index in [9.17, 15) is 4.79 Å². The second kappa shape index (κ2) is 6.52. The fraction of sp³-hybridized carbons (Fsp3) is 0.222. The summed E-state index contributed by atoms with van der Waals surface area (Å²) in [6.45, 7) is 3.17. The molecule has 0 aliphatic carbocycles. The molecule has 3 rings (SSSR count). The molecule has 1 amide bonds. The maximum Gasteiger partial charge on any atom is 0.256 e. The number of hydrogen-bond acceptors (Lipinski definition) is 3. The number of amides is 1. The molecule has 3 aromatic rings. The molecule has 2 aromatic carbocycles. The lowest BCUT2D eigenvalue weighted by Gasteiger charge is -2.21. The average Bonchev–Trinajstić information content (AvgIpc) is 3.08. The number of nitrogens with one attached hydrogen (secondary N) is 1. The molecule has 1 heterocycles. The van der Waals surface area contributed by atoms with E-state index in [0.717, 1.165) is 22.2 Å². The number of ether oxygens (including phenoxy) is 1. The topological polar surface area (TPSA) is 58.2 Å². The van der Waals surface area contributed by atoms with E-state index < -0.39 is 0 Å². The molecule has 0 saturated carbocycles. The number of benzene rings is 2. The van der Waals surface area contributed by atoms with Crippen LogP contribution in [0.3, 0.4) is 0 Å². The van der Waals surface area contributed by atoms with Crippen LogP contribution in [0.15, 0.2) is 48.7 Å². The number of hydrogen-bond donors (Lipinski definition) is 1. The maximum absolute atomic E-state index is 12.9. The molecular weight excluding hydrogens is 290 g/mol. The third-order valence-electron chi connectivity index (χ3n) is 3.91. The van der Waals surface area contributed by atoms with Gasteiger partial charge in [-0.15, -0.1) is 0 Å². The molecule has 0 bridgehead atoms. The molecule has 0 saturated heterocycles. The van der Waals surface area contributed by atoms with Crippen molar-refractivity contribution in [3.63, 3.8) is 0 Å². The Kier molecular flexibility index (Phi) is 4.28. The smallest absolute Gasteiger partial charge is 0.256 e. The van der Waals surface area contributed by atoms with Crippen LogP contribution < -0.4 is 4.74 Å². The fourth-order valence-corrected chi connectivity index (χ4v) is 2.60. The number of methoxy groups -OCH3 is 1. The van der Waals surface area contributed by atoms with Crippen molar-refractivity contribution in [2.75, 3.05) is 13.7 Å². The Morgan fingerprint density at radius 3 is 2.70 bits per heavy atom. The lowest BCUT2D eigenvalue weighted by Crippen LogP contribution is -2.30. The molecule has 0 fully saturated rings. The van der Waals surface area contributed by atoms with Gasteiger partial charge in [-0.1, -0.05) is 24.3 Å². The van der Waals surface area contributed by atoms with Crippen LogP contribution in [0, 0.1) is 0 Å². The van der Waals surface area contributed by atoms with Crippen LogP contribution in [0.4, 0.5) is 0 Å². The average molecular weight is 309 g/mol. The van der Waals surface area contributed by atoms with E-state index in [2.05, 4.69) is 10.2 Å². The number of rotatable bonds is 5. The zero-order valence-corrected chi connectivity index (χ0v) is 13.2. The second-order valence-electron chi connectivity index (χ2n) is 5.31. The number of para-hydroxylation sites is 1. The number of carbonyl (C=O) groups excluding carboxylic acids is 1. The van der Waals surface area contributed by atoms with Gasteiger partial charge in [-0.05, 0) is 30.7 Å². The highest BCUT2D eigenvalue weighted by Gasteiger charge is 2.17. The van der Waals surface area contributed by atoms with Crippen molar-refractivity contribution in [3.8, 4) is 5.75 Å². The van der Waals surface area contributed by atoms with Crippen LogP contribution in [-0.2, 0) is 6.54 Å². The van der Waals surface area contributed by atoms with Crippen LogP contribution in [0.5, 0.6) is 5.75 Å². The number of fused-ring (bicyclic) bond motifs is 1. The molecule has 0 spiro atoms. The zero-order valence-electron chi connectivity index (χ0n) is 13.2. The largest absolute Gasteiger partial charge is 0.497 e. The minimum absolute atomic E-state index is 0.00170. The first-order valence-corrected chi connectivity index (χ1v) is 7.57. The summed E-state index contributed by atoms with van der Waals surface area (Å²) in [4.78, 5) is 14.7. The molecule has 0 aliphatic rings. The summed E-state index contributed by atoms with van der Waals surface area (Å²) in [7, 11) is 1.64. The van der Waals surface area contributed by atoms with Crippen molar-refractivity contribution in [1.82, 2.24) is 15.1 Å². The van der Waals surface area contributed by atoms with Crippen LogP contribution >= 0.6 is 0 Å². The number of aromatic nitrogens is 2. The Hall–Kier alpha value is -2.82. The van der Waals surface area contributed by atoms with Gasteiger partial charge in [0.15, 0.2) is 0 Å². The summed E-state index contributed by atoms with van der Waals surface area (Å²) in [6.07, 6.45) is 1.73. The predicted molar refractivity (Wildman–Crippen MR) is 89.5 cm³/mol. The lowest BCUT2D eigenvalue weighted by atomic mass is 10.1. The molecule has 0 unspecified atom stereocenters. The standard InChI is InChI=1S/C18H19N3O2/c1-3-21(12-13-7-9-15(23-2)10-8-13)18(22)16-6-4-5-14-11-19-20-17(14)16/h4-11H,3,12H2,1-2H3,(H,19,20). The Labute approximate surface area is 134 Å². The molecule has 0 atom stereocenters. The molecule has 118 valence electrons. The van der Waals surface area contributed by atoms with Gasteiger partial charge in [0.05, 0.1) is 24.4 Å². The highest BCUT2D eigenvalue weighted by Crippen LogP contribution is 2.19. The lowest BCUT2D eigenvalue weighted by molar-refractivity contribution is 0.0754. The summed E-state index contributed by atoms with van der Waals surface area (Å²) in [6, 6.07) is 13.4. The Morgan fingerprint density at radius 1 is 1.22 bits per heavy atom. The maximum atomic E-state index is 12.9. The van der Waals surface area contributed by atoms with Gasteiger partial charge in [0.25, 0.3) is 5.91 Å². The van der Waals surface area contributed by atoms with Crippen molar-refractivity contribution < 1.29 is 9.53 Å². The van der Waals surface area contributed by atoms with E-state index in [1.165, 1.54) is 0 Å². The number of aromatic amines is 1. The minimum Gasteiger partial charge on any atom is -0.497 e. The van der Waals surface area contributed by atoms with E-state index in [1.54, 1.807) is 13.3 Å². The number of nitrogens with zero attached hydrogens (tertiary/aromatic N) is 2. The molecule has 1 aromatic heterocycles. The van der Waals surface area contributed by atoms with Crippen molar-refractivity contribution in [1.29, 1.82) is 0 Å². The van der Waals surface area contributed by atoms with E-state index in [1.807, 2.05) is 54.3 Å². The number of H-pyrrole nitrogens is 1. The third-order valence-corrected chi connectivity index (χ3v) is 3.91. The van der Waals surface area contributed by atoms with Crippen LogP contribution in [-0.4, -0.2) is 34.7 Å². The van der Waals surface area contributed by atoms with Gasteiger partial charge in [-0.3, -0.25) is 9.89 Å². The summed E-state index contributed by atoms with van der Waals surface area (Å²) in [5.74, 6) is 0.809. The van der Waals surface area contributed by atoms with Gasteiger partial charge in [0.1, 0.15) is 5.75 Å². The quantitative estimate of drug-likeness (QED) is 0.787. The van der Waals surface area contributed by atoms with Crippen molar-refractivity contribution in [3.05, 3.63) is 59.8 Å². The van der Waals surface area contributed by atoms with Gasteiger partial charge in [-0.2, -0.15) is 5.10 Å². The van der Waals surface area contributed by atoms with Crippen molar-refractivity contribution in [2.24, 2.45) is 0 Å². The fourth-order valence-electron chi connectivity index (χ4n) is 2.60. The van der Waals surface area contributed by atoms with E-state index in [4.69, 9.17) is 4.74 Å². The van der Waals surface area contributed by atoms with E-state index in [-0.39, 0.29) is 5.91 Å². The molecule has 5 nitrogen and oxygen atoms in total. The van der Waals surface area contributed by atoms with Crippen molar-refractivity contribution in [2.45, 2.75) is 13.5 Å². The highest BCUT2D eigenvalue weighted by molar-refractivity contribution is 6.05. The highest BCUT2D eigenvalue weighted by atomic mass is 16.5. The molecule has 1 N–H and O–H groups in total. The SMILES string of the molecule is CCN(Cc1ccc(OC)cc1)C(=O)c1cccc2cn[nH]c12. The van der Waals surface area contributed by atoms with Crippen LogP contribution in [0.1, 0.15) is 22.8 Å². The van der Waals surface area contributed by atoms with E-state index >= 15 is 0 Å². The normalized spacial score (nSPS) is 10.7. The van der Waals surface area contributed by atoms with E-state index in [0.29, 0.717) is 18.7 Å². The van der Waals surface area contributed by atoms with Crippen LogP contribution in [0.2, 0.25) is 0 Å². The van der Waals surface area contributed by atoms with Crippen LogP contribution in [0.25, 0.3) is 10.9 Å². The Balaban J connectivity index is 1.84. The molecule has 0 radical (unpaired) electrons. The Bertz CT molecular complexity index is 809. The monoisotopic (exact) mass is 309 g/mol. The second-order valence-corrected chi connectivity index (χ2v) is 5.31. The van der Waals surface area contributed by atoms with Gasteiger partial charge >= 0.3 is 0 Å². The molecule has 0 aliphatic heterocycles. The summed E-state index contributed by atoms with van der Waals surface area (Å²) >= 11 is 0. The van der Waals surface area contributed by atoms with Gasteiger partial charge < -0.3 is 9.64 Å². The molecular formula is C18H19N3O2. The van der Waals surface area contributed by atoms with Gasteiger partial charge in [0, 0.05) is 18.5 Å². The first-order valence-electron chi connectivity index (χ1n) is 7.57. The first-order chi connectivity index (χ1) is 11.2. The minimum atomic E-state index is -0.00170. The van der Waals surface area contributed by atoms with Gasteiger partial charge in [-0.25, -0.2) is 0 Å². The third kappa shape index (κ3) is 3.04. The summed E-state index contributed by atoms with van der Waals surface area (Å²) in [5.41, 5.74) is 2.50. The molecule has 5 heteroatoms. The molecule has 23 heavy (non-hydrogen) atoms. The predicted octanol–water partition coefficient (Wildman–Crippen LogP) is 3.23. The Morgan fingerprint density at radius 2 is 2.00 bits per heavy atom. The first kappa shape index (κ1) is 15.1. The summed E-state index contributed by atoms with van der Waals surface area (Å²) in [5, 5.41) is 7.88.